The molecule has 0 radical (unpaired) electrons. The molecule has 0 saturated carbocycles. The molecule has 1 aromatic carbocycles. The molecule has 1 aromatic rings. The number of fused-ring (bicyclic) bond motifs is 1. The van der Waals surface area contributed by atoms with E-state index in [1.165, 1.54) is 0 Å². The van der Waals surface area contributed by atoms with Gasteiger partial charge in [-0.05, 0) is 12.1 Å². The molecular formula is C14H16O7. The number of rotatable bonds is 0. The first-order valence-electron chi connectivity index (χ1n) is 6.49. The molecule has 1 aliphatic rings. The number of carbonyl (C=O) groups excluding carboxylic acids is 2. The van der Waals surface area contributed by atoms with Gasteiger partial charge in [-0.15, -0.1) is 0 Å². The van der Waals surface area contributed by atoms with Crippen LogP contribution in [0.2, 0.25) is 0 Å². The van der Waals surface area contributed by atoms with Crippen molar-refractivity contribution < 1.29 is 33.3 Å². The molecule has 114 valence electrons. The van der Waals surface area contributed by atoms with Crippen LogP contribution in [0.4, 0.5) is 0 Å². The lowest BCUT2D eigenvalue weighted by Crippen LogP contribution is -2.21. The number of ether oxygens (including phenoxy) is 5. The summed E-state index contributed by atoms with van der Waals surface area (Å²) in [6, 6.07) is 7.08. The van der Waals surface area contributed by atoms with Crippen LogP contribution in [0.25, 0.3) is 0 Å². The van der Waals surface area contributed by atoms with Gasteiger partial charge in [0.05, 0.1) is 0 Å². The summed E-state index contributed by atoms with van der Waals surface area (Å²) in [4.78, 5) is 22.6. The van der Waals surface area contributed by atoms with Crippen molar-refractivity contribution in [2.24, 2.45) is 0 Å². The maximum atomic E-state index is 11.3. The molecule has 0 saturated heterocycles. The van der Waals surface area contributed by atoms with E-state index in [9.17, 15) is 9.59 Å². The summed E-state index contributed by atoms with van der Waals surface area (Å²) < 4.78 is 25.6. The molecule has 1 heterocycles. The summed E-state index contributed by atoms with van der Waals surface area (Å²) in [5, 5.41) is 0. The molecule has 2 rings (SSSR count). The second kappa shape index (κ2) is 8.11. The van der Waals surface area contributed by atoms with Gasteiger partial charge >= 0.3 is 11.9 Å². The van der Waals surface area contributed by atoms with E-state index in [-0.39, 0.29) is 39.6 Å². The minimum Gasteiger partial charge on any atom is -0.486 e. The van der Waals surface area contributed by atoms with Crippen LogP contribution in [0.3, 0.4) is 0 Å². The summed E-state index contributed by atoms with van der Waals surface area (Å²) in [5.41, 5.74) is 0. The molecule has 0 aliphatic carbocycles. The highest BCUT2D eigenvalue weighted by Gasteiger charge is 2.10. The van der Waals surface area contributed by atoms with E-state index >= 15 is 0 Å². The molecular weight excluding hydrogens is 280 g/mol. The topological polar surface area (TPSA) is 80.3 Å². The van der Waals surface area contributed by atoms with Gasteiger partial charge in [-0.1, -0.05) is 12.1 Å². The fourth-order valence-corrected chi connectivity index (χ4v) is 1.60. The molecule has 7 nitrogen and oxygen atoms in total. The van der Waals surface area contributed by atoms with Gasteiger partial charge < -0.3 is 23.7 Å². The van der Waals surface area contributed by atoms with Crippen LogP contribution < -0.4 is 9.47 Å². The predicted octanol–water partition coefficient (Wildman–Crippen LogP) is 0.561. The molecule has 0 aromatic heterocycles. The van der Waals surface area contributed by atoms with Crippen LogP contribution in [-0.4, -0.2) is 51.6 Å². The van der Waals surface area contributed by atoms with Gasteiger partial charge in [0.1, 0.15) is 39.6 Å². The van der Waals surface area contributed by atoms with Crippen molar-refractivity contribution >= 4 is 11.9 Å². The smallest absolute Gasteiger partial charge is 0.332 e. The lowest BCUT2D eigenvalue weighted by atomic mass is 10.3. The molecule has 0 unspecified atom stereocenters. The fourth-order valence-electron chi connectivity index (χ4n) is 1.60. The van der Waals surface area contributed by atoms with Crippen molar-refractivity contribution in [2.45, 2.75) is 0 Å². The zero-order chi connectivity index (χ0) is 14.9. The Hall–Kier alpha value is -2.28. The number of esters is 2. The molecule has 1 aliphatic heterocycles. The molecule has 0 bridgehead atoms. The quantitative estimate of drug-likeness (QED) is 0.647. The number of cyclic esters (lactones) is 2. The Balaban J connectivity index is 1.97. The molecule has 0 fully saturated rings. The van der Waals surface area contributed by atoms with E-state index in [2.05, 4.69) is 0 Å². The van der Waals surface area contributed by atoms with E-state index in [0.717, 1.165) is 0 Å². The minimum atomic E-state index is -0.564. The Morgan fingerprint density at radius 2 is 1.10 bits per heavy atom. The SMILES string of the molecule is O=C1COCC(=O)OCCOc2ccccc2OCCO1. The van der Waals surface area contributed by atoms with Crippen LogP contribution in [0.15, 0.2) is 24.3 Å². The Morgan fingerprint density at radius 3 is 1.57 bits per heavy atom. The van der Waals surface area contributed by atoms with Gasteiger partial charge in [0.2, 0.25) is 0 Å². The Morgan fingerprint density at radius 1 is 0.667 bits per heavy atom. The molecule has 0 atom stereocenters. The second-order valence-corrected chi connectivity index (χ2v) is 4.08. The van der Waals surface area contributed by atoms with E-state index < -0.39 is 11.9 Å². The molecule has 0 N–H and O–H groups in total. The van der Waals surface area contributed by atoms with Crippen molar-refractivity contribution in [3.63, 3.8) is 0 Å². The number of benzene rings is 1. The van der Waals surface area contributed by atoms with Gasteiger partial charge in [-0.2, -0.15) is 0 Å². The third-order valence-corrected chi connectivity index (χ3v) is 2.50. The van der Waals surface area contributed by atoms with Gasteiger partial charge in [-0.3, -0.25) is 0 Å². The highest BCUT2D eigenvalue weighted by atomic mass is 16.6. The zero-order valence-electron chi connectivity index (χ0n) is 11.4. The van der Waals surface area contributed by atoms with E-state index in [1.807, 2.05) is 0 Å². The Kier molecular flexibility index (Phi) is 5.83. The van der Waals surface area contributed by atoms with Crippen molar-refractivity contribution in [3.8, 4) is 11.5 Å². The summed E-state index contributed by atoms with van der Waals surface area (Å²) in [6.45, 7) is -0.0462. The maximum absolute atomic E-state index is 11.3. The zero-order valence-corrected chi connectivity index (χ0v) is 11.4. The minimum absolute atomic E-state index is 0.0843. The van der Waals surface area contributed by atoms with Crippen molar-refractivity contribution in [3.05, 3.63) is 24.3 Å². The highest BCUT2D eigenvalue weighted by Crippen LogP contribution is 2.26. The maximum Gasteiger partial charge on any atom is 0.332 e. The largest absolute Gasteiger partial charge is 0.486 e. The average molecular weight is 296 g/mol. The summed E-state index contributed by atoms with van der Waals surface area (Å²) in [7, 11) is 0. The third-order valence-electron chi connectivity index (χ3n) is 2.50. The van der Waals surface area contributed by atoms with Crippen molar-refractivity contribution in [1.82, 2.24) is 0 Å². The van der Waals surface area contributed by atoms with Crippen LogP contribution in [0, 0.1) is 0 Å². The molecule has 21 heavy (non-hydrogen) atoms. The summed E-state index contributed by atoms with van der Waals surface area (Å²) >= 11 is 0. The standard InChI is InChI=1S/C14H16O7/c15-13-9-17-10-14(16)21-8-6-19-12-4-2-1-3-11(12)18-5-7-20-13/h1-4H,5-10H2. The first-order chi connectivity index (χ1) is 10.3. The summed E-state index contributed by atoms with van der Waals surface area (Å²) in [5.74, 6) is -0.0615. The number of para-hydroxylation sites is 2. The predicted molar refractivity (Wildman–Crippen MR) is 70.2 cm³/mol. The number of hydrogen-bond donors (Lipinski definition) is 0. The van der Waals surface area contributed by atoms with Crippen LogP contribution in [0.5, 0.6) is 11.5 Å². The highest BCUT2D eigenvalue weighted by molar-refractivity contribution is 5.73. The first-order valence-corrected chi connectivity index (χ1v) is 6.49. The number of hydrogen-bond acceptors (Lipinski definition) is 7. The van der Waals surface area contributed by atoms with Crippen LogP contribution in [0.1, 0.15) is 0 Å². The Labute approximate surface area is 121 Å². The normalized spacial score (nSPS) is 17.9. The lowest BCUT2D eigenvalue weighted by molar-refractivity contribution is -0.156. The second-order valence-electron chi connectivity index (χ2n) is 4.08. The van der Waals surface area contributed by atoms with E-state index in [1.54, 1.807) is 24.3 Å². The van der Waals surface area contributed by atoms with Crippen LogP contribution in [-0.2, 0) is 23.8 Å². The van der Waals surface area contributed by atoms with E-state index in [4.69, 9.17) is 23.7 Å². The van der Waals surface area contributed by atoms with Gasteiger partial charge in [0, 0.05) is 0 Å². The molecule has 7 heteroatoms. The van der Waals surface area contributed by atoms with Gasteiger partial charge in [0.25, 0.3) is 0 Å². The average Bonchev–Trinajstić information content (AvgIpc) is 2.49. The third kappa shape index (κ3) is 5.31. The fraction of sp³-hybridized carbons (Fsp3) is 0.429. The monoisotopic (exact) mass is 296 g/mol. The molecule has 0 amide bonds. The summed E-state index contributed by atoms with van der Waals surface area (Å²) in [6.07, 6.45) is 0. The van der Waals surface area contributed by atoms with Gasteiger partial charge in [-0.25, -0.2) is 9.59 Å². The van der Waals surface area contributed by atoms with Crippen molar-refractivity contribution in [2.75, 3.05) is 39.6 Å². The first kappa shape index (κ1) is 15.1. The van der Waals surface area contributed by atoms with Crippen molar-refractivity contribution in [1.29, 1.82) is 0 Å². The Bertz CT molecular complexity index is 443. The molecule has 0 spiro atoms. The number of carbonyl (C=O) groups is 2. The van der Waals surface area contributed by atoms with Crippen LogP contribution >= 0.6 is 0 Å². The van der Waals surface area contributed by atoms with Gasteiger partial charge in [0.15, 0.2) is 11.5 Å². The lowest BCUT2D eigenvalue weighted by Gasteiger charge is -2.12. The van der Waals surface area contributed by atoms with E-state index in [0.29, 0.717) is 11.5 Å².